The van der Waals surface area contributed by atoms with Gasteiger partial charge in [-0.3, -0.25) is 9.69 Å². The number of thioether (sulfide) groups is 1. The molecule has 2 N–H and O–H groups in total. The molecule has 9 heteroatoms. The average molecular weight is 406 g/mol. The van der Waals surface area contributed by atoms with Crippen LogP contribution in [-0.4, -0.2) is 41.7 Å². The largest absolute Gasteiger partial charge is 0.466 e. The van der Waals surface area contributed by atoms with Gasteiger partial charge >= 0.3 is 11.9 Å². The molecule has 0 saturated carbocycles. The standard InChI is InChI=1S/C19H19FN2O5S/c1-4-27-19(25)13-12(10-7-5-6-8-11(10)20)14(18(24)26-3)17-22(15(13)21)16(23)9(2)28-17/h5-9,12H,4,21H2,1-3H3/t9-,12-/m0/s1. The Bertz CT molecular complexity index is 927. The summed E-state index contributed by atoms with van der Waals surface area (Å²) < 4.78 is 24.7. The third-order valence-corrected chi connectivity index (χ3v) is 5.68. The Hall–Kier alpha value is -2.81. The topological polar surface area (TPSA) is 98.9 Å². The van der Waals surface area contributed by atoms with Gasteiger partial charge in [-0.05, 0) is 19.9 Å². The van der Waals surface area contributed by atoms with E-state index in [-0.39, 0.29) is 40.1 Å². The highest BCUT2D eigenvalue weighted by atomic mass is 32.2. The first-order chi connectivity index (χ1) is 13.3. The molecule has 1 aromatic rings. The summed E-state index contributed by atoms with van der Waals surface area (Å²) in [5.41, 5.74) is 6.07. The Labute approximate surface area is 165 Å². The maximum atomic E-state index is 14.7. The lowest BCUT2D eigenvalue weighted by Gasteiger charge is -2.33. The predicted octanol–water partition coefficient (Wildman–Crippen LogP) is 2.00. The Morgan fingerprint density at radius 2 is 1.93 bits per heavy atom. The highest BCUT2D eigenvalue weighted by molar-refractivity contribution is 8.04. The van der Waals surface area contributed by atoms with E-state index in [1.165, 1.54) is 25.3 Å². The normalized spacial score (nSPS) is 21.7. The molecule has 1 amide bonds. The molecule has 2 heterocycles. The van der Waals surface area contributed by atoms with Crippen LogP contribution in [0.3, 0.4) is 0 Å². The minimum absolute atomic E-state index is 0.0208. The quantitative estimate of drug-likeness (QED) is 0.764. The number of benzene rings is 1. The molecule has 28 heavy (non-hydrogen) atoms. The van der Waals surface area contributed by atoms with E-state index in [4.69, 9.17) is 15.2 Å². The number of hydrogen-bond acceptors (Lipinski definition) is 7. The first kappa shape index (κ1) is 19.9. The Morgan fingerprint density at radius 1 is 1.25 bits per heavy atom. The second kappa shape index (κ2) is 7.67. The number of halogens is 1. The van der Waals surface area contributed by atoms with Crippen LogP contribution in [0.4, 0.5) is 4.39 Å². The van der Waals surface area contributed by atoms with Gasteiger partial charge in [0.25, 0.3) is 0 Å². The number of fused-ring (bicyclic) bond motifs is 1. The van der Waals surface area contributed by atoms with Crippen molar-refractivity contribution in [3.63, 3.8) is 0 Å². The van der Waals surface area contributed by atoms with Gasteiger partial charge in [-0.1, -0.05) is 30.0 Å². The van der Waals surface area contributed by atoms with Gasteiger partial charge in [0.15, 0.2) is 0 Å². The van der Waals surface area contributed by atoms with Gasteiger partial charge in [0.05, 0.1) is 41.1 Å². The lowest BCUT2D eigenvalue weighted by molar-refractivity contribution is -0.139. The van der Waals surface area contributed by atoms with Crippen molar-refractivity contribution in [3.8, 4) is 0 Å². The number of amides is 1. The molecule has 2 aliphatic heterocycles. The zero-order valence-corrected chi connectivity index (χ0v) is 16.3. The number of methoxy groups -OCH3 is 1. The molecule has 0 radical (unpaired) electrons. The van der Waals surface area contributed by atoms with Gasteiger partial charge in [0, 0.05) is 5.56 Å². The Morgan fingerprint density at radius 3 is 2.54 bits per heavy atom. The molecular weight excluding hydrogens is 387 g/mol. The number of hydrogen-bond donors (Lipinski definition) is 1. The molecule has 0 aliphatic carbocycles. The van der Waals surface area contributed by atoms with E-state index in [2.05, 4.69) is 0 Å². The number of carbonyl (C=O) groups is 3. The second-order valence-corrected chi connectivity index (χ2v) is 7.45. The van der Waals surface area contributed by atoms with Crippen molar-refractivity contribution in [2.24, 2.45) is 5.73 Å². The van der Waals surface area contributed by atoms with Gasteiger partial charge in [-0.25, -0.2) is 14.0 Å². The maximum absolute atomic E-state index is 14.7. The lowest BCUT2D eigenvalue weighted by Crippen LogP contribution is -2.40. The minimum Gasteiger partial charge on any atom is -0.466 e. The van der Waals surface area contributed by atoms with Gasteiger partial charge < -0.3 is 15.2 Å². The molecule has 2 atom stereocenters. The van der Waals surface area contributed by atoms with Crippen molar-refractivity contribution < 1.29 is 28.2 Å². The van der Waals surface area contributed by atoms with Crippen LogP contribution >= 0.6 is 11.8 Å². The van der Waals surface area contributed by atoms with Gasteiger partial charge in [0.2, 0.25) is 5.91 Å². The van der Waals surface area contributed by atoms with Crippen molar-refractivity contribution in [2.75, 3.05) is 13.7 Å². The Kier molecular flexibility index (Phi) is 5.46. The van der Waals surface area contributed by atoms with E-state index in [0.717, 1.165) is 16.7 Å². The first-order valence-corrected chi connectivity index (χ1v) is 9.45. The average Bonchev–Trinajstić information content (AvgIpc) is 2.96. The monoisotopic (exact) mass is 406 g/mol. The molecule has 1 fully saturated rings. The summed E-state index contributed by atoms with van der Waals surface area (Å²) in [6, 6.07) is 5.75. The molecule has 0 aromatic heterocycles. The summed E-state index contributed by atoms with van der Waals surface area (Å²) in [7, 11) is 1.18. The summed E-state index contributed by atoms with van der Waals surface area (Å²) >= 11 is 1.11. The van der Waals surface area contributed by atoms with Crippen LogP contribution < -0.4 is 5.73 Å². The van der Waals surface area contributed by atoms with Crippen molar-refractivity contribution in [3.05, 3.63) is 57.6 Å². The zero-order chi connectivity index (χ0) is 20.6. The van der Waals surface area contributed by atoms with Crippen LogP contribution in [0, 0.1) is 5.82 Å². The molecular formula is C19H19FN2O5S. The fourth-order valence-corrected chi connectivity index (χ4v) is 4.43. The van der Waals surface area contributed by atoms with Gasteiger partial charge in [0.1, 0.15) is 11.6 Å². The number of nitrogens with two attached hydrogens (primary N) is 1. The van der Waals surface area contributed by atoms with Crippen LogP contribution in [-0.2, 0) is 23.9 Å². The number of carbonyl (C=O) groups excluding carboxylic acids is 3. The molecule has 1 saturated heterocycles. The van der Waals surface area contributed by atoms with Crippen molar-refractivity contribution in [1.29, 1.82) is 0 Å². The summed E-state index contributed by atoms with van der Waals surface area (Å²) in [5, 5.41) is -0.292. The van der Waals surface area contributed by atoms with Crippen LogP contribution in [0.2, 0.25) is 0 Å². The molecule has 148 valence electrons. The highest BCUT2D eigenvalue weighted by Crippen LogP contribution is 2.50. The van der Waals surface area contributed by atoms with E-state index in [0.29, 0.717) is 0 Å². The fraction of sp³-hybridized carbons (Fsp3) is 0.316. The summed E-state index contributed by atoms with van der Waals surface area (Å²) in [6.45, 7) is 3.31. The van der Waals surface area contributed by atoms with E-state index in [1.807, 2.05) is 0 Å². The molecule has 0 unspecified atom stereocenters. The van der Waals surface area contributed by atoms with Crippen LogP contribution in [0.25, 0.3) is 0 Å². The summed E-state index contributed by atoms with van der Waals surface area (Å²) in [5.74, 6) is -3.95. The van der Waals surface area contributed by atoms with Crippen molar-refractivity contribution >= 4 is 29.6 Å². The van der Waals surface area contributed by atoms with Gasteiger partial charge in [-0.2, -0.15) is 0 Å². The van der Waals surface area contributed by atoms with Gasteiger partial charge in [-0.15, -0.1) is 0 Å². The smallest absolute Gasteiger partial charge is 0.338 e. The van der Waals surface area contributed by atoms with Crippen molar-refractivity contribution in [1.82, 2.24) is 4.90 Å². The highest BCUT2D eigenvalue weighted by Gasteiger charge is 2.49. The number of nitrogens with zero attached hydrogens (tertiary/aromatic N) is 1. The van der Waals surface area contributed by atoms with E-state index < -0.39 is 28.9 Å². The fourth-order valence-electron chi connectivity index (χ4n) is 3.27. The van der Waals surface area contributed by atoms with Crippen LogP contribution in [0.15, 0.2) is 46.3 Å². The first-order valence-electron chi connectivity index (χ1n) is 8.57. The summed E-state index contributed by atoms with van der Waals surface area (Å²) in [6.07, 6.45) is 0. The lowest BCUT2D eigenvalue weighted by atomic mass is 9.82. The SMILES string of the molecule is CCOC(=O)C1=C(N)N2C(=O)[C@H](C)SC2=C(C(=O)OC)[C@H]1c1ccccc1F. The number of rotatable bonds is 4. The van der Waals surface area contributed by atoms with Crippen LogP contribution in [0.1, 0.15) is 25.3 Å². The number of esters is 2. The predicted molar refractivity (Wildman–Crippen MR) is 99.9 cm³/mol. The van der Waals surface area contributed by atoms with E-state index >= 15 is 0 Å². The minimum atomic E-state index is -1.16. The summed E-state index contributed by atoms with van der Waals surface area (Å²) in [4.78, 5) is 39.2. The third-order valence-electron chi connectivity index (χ3n) is 4.50. The second-order valence-electron chi connectivity index (χ2n) is 6.12. The molecule has 7 nitrogen and oxygen atoms in total. The maximum Gasteiger partial charge on any atom is 0.338 e. The molecule has 2 aliphatic rings. The zero-order valence-electron chi connectivity index (χ0n) is 15.5. The molecule has 0 spiro atoms. The third kappa shape index (κ3) is 3.05. The van der Waals surface area contributed by atoms with Crippen molar-refractivity contribution in [2.45, 2.75) is 25.0 Å². The molecule has 0 bridgehead atoms. The van der Waals surface area contributed by atoms with E-state index in [1.54, 1.807) is 19.9 Å². The van der Waals surface area contributed by atoms with E-state index in [9.17, 15) is 18.8 Å². The molecule has 3 rings (SSSR count). The number of ether oxygens (including phenoxy) is 2. The molecule has 1 aromatic carbocycles. The van der Waals surface area contributed by atoms with Crippen LogP contribution in [0.5, 0.6) is 0 Å². The Balaban J connectivity index is 2.34.